The first-order chi connectivity index (χ1) is 9.10. The molecule has 0 heterocycles. The summed E-state index contributed by atoms with van der Waals surface area (Å²) >= 11 is 0. The Bertz CT molecular complexity index is 485. The molecule has 1 rings (SSSR count). The average molecular weight is 265 g/mol. The van der Waals surface area contributed by atoms with Gasteiger partial charge < -0.3 is 15.7 Å². The molecule has 0 aliphatic rings. The molecule has 0 spiro atoms. The highest BCUT2D eigenvalue weighted by Crippen LogP contribution is 2.13. The van der Waals surface area contributed by atoms with Crippen LogP contribution in [0.15, 0.2) is 18.2 Å². The Morgan fingerprint density at radius 2 is 2.32 bits per heavy atom. The van der Waals surface area contributed by atoms with Crippen molar-refractivity contribution in [2.75, 3.05) is 11.9 Å². The lowest BCUT2D eigenvalue weighted by molar-refractivity contribution is 0.237. The van der Waals surface area contributed by atoms with Gasteiger partial charge in [0, 0.05) is 18.3 Å². The number of aliphatic hydroxyl groups excluding tert-OH is 1. The largest absolute Gasteiger partial charge is 0.396 e. The molecule has 1 atom stereocenters. The molecule has 2 amide bonds. The predicted octanol–water partition coefficient (Wildman–Crippen LogP) is 1.98. The van der Waals surface area contributed by atoms with E-state index in [0.717, 1.165) is 6.07 Å². The fourth-order valence-electron chi connectivity index (χ4n) is 1.58. The third-order valence-corrected chi connectivity index (χ3v) is 2.65. The highest BCUT2D eigenvalue weighted by atomic mass is 19.1. The van der Waals surface area contributed by atoms with Crippen LogP contribution in [0, 0.1) is 17.1 Å². The zero-order valence-electron chi connectivity index (χ0n) is 10.6. The van der Waals surface area contributed by atoms with Gasteiger partial charge in [0.05, 0.1) is 5.56 Å². The van der Waals surface area contributed by atoms with Gasteiger partial charge in [0.1, 0.15) is 11.9 Å². The number of nitrogens with zero attached hydrogens (tertiary/aromatic N) is 1. The zero-order chi connectivity index (χ0) is 14.3. The SMILES string of the molecule is CCC(CCO)NC(=O)Nc1ccc(F)c(C#N)c1. The van der Waals surface area contributed by atoms with Gasteiger partial charge in [0.2, 0.25) is 0 Å². The molecule has 5 nitrogen and oxygen atoms in total. The van der Waals surface area contributed by atoms with Gasteiger partial charge in [-0.15, -0.1) is 0 Å². The van der Waals surface area contributed by atoms with E-state index in [1.54, 1.807) is 6.07 Å². The van der Waals surface area contributed by atoms with Crippen LogP contribution >= 0.6 is 0 Å². The minimum absolute atomic E-state index is 0.00604. The van der Waals surface area contributed by atoms with Crippen LogP contribution in [0.3, 0.4) is 0 Å². The lowest BCUT2D eigenvalue weighted by Gasteiger charge is -2.16. The van der Waals surface area contributed by atoms with Crippen LogP contribution in [-0.4, -0.2) is 23.8 Å². The number of amides is 2. The van der Waals surface area contributed by atoms with Crippen LogP contribution in [0.1, 0.15) is 25.3 Å². The topological polar surface area (TPSA) is 85.2 Å². The van der Waals surface area contributed by atoms with E-state index in [1.807, 2.05) is 6.92 Å². The summed E-state index contributed by atoms with van der Waals surface area (Å²) in [6.45, 7) is 1.89. The first-order valence-corrected chi connectivity index (χ1v) is 5.98. The smallest absolute Gasteiger partial charge is 0.319 e. The minimum Gasteiger partial charge on any atom is -0.396 e. The number of nitrogens with one attached hydrogen (secondary N) is 2. The summed E-state index contributed by atoms with van der Waals surface area (Å²) in [5.74, 6) is -0.625. The third-order valence-electron chi connectivity index (χ3n) is 2.65. The summed E-state index contributed by atoms with van der Waals surface area (Å²) in [6, 6.07) is 4.90. The molecule has 0 bridgehead atoms. The van der Waals surface area contributed by atoms with Gasteiger partial charge in [0.15, 0.2) is 0 Å². The van der Waals surface area contributed by atoms with E-state index in [2.05, 4.69) is 10.6 Å². The molecule has 3 N–H and O–H groups in total. The van der Waals surface area contributed by atoms with Crippen molar-refractivity contribution in [2.24, 2.45) is 0 Å². The van der Waals surface area contributed by atoms with Gasteiger partial charge in [-0.1, -0.05) is 6.92 Å². The summed E-state index contributed by atoms with van der Waals surface area (Å²) in [4.78, 5) is 11.7. The zero-order valence-corrected chi connectivity index (χ0v) is 10.6. The Balaban J connectivity index is 2.64. The molecule has 0 saturated carbocycles. The van der Waals surface area contributed by atoms with E-state index in [-0.39, 0.29) is 18.2 Å². The highest BCUT2D eigenvalue weighted by Gasteiger charge is 2.10. The average Bonchev–Trinajstić information content (AvgIpc) is 2.40. The first kappa shape index (κ1) is 14.9. The number of halogens is 1. The second kappa shape index (κ2) is 7.34. The number of rotatable bonds is 5. The van der Waals surface area contributed by atoms with Crippen LogP contribution in [0.25, 0.3) is 0 Å². The van der Waals surface area contributed by atoms with Crippen LogP contribution in [0.4, 0.5) is 14.9 Å². The molecule has 0 aromatic heterocycles. The van der Waals surface area contributed by atoms with Crippen LogP contribution < -0.4 is 10.6 Å². The van der Waals surface area contributed by atoms with E-state index >= 15 is 0 Å². The Hall–Kier alpha value is -2.13. The van der Waals surface area contributed by atoms with Crippen LogP contribution in [0.5, 0.6) is 0 Å². The molecule has 0 aliphatic heterocycles. The maximum absolute atomic E-state index is 13.1. The Labute approximate surface area is 111 Å². The summed E-state index contributed by atoms with van der Waals surface area (Å²) in [5.41, 5.74) is 0.217. The van der Waals surface area contributed by atoms with Crippen LogP contribution in [-0.2, 0) is 0 Å². The standard InChI is InChI=1S/C13H16FN3O2/c1-2-10(5-6-18)16-13(19)17-11-3-4-12(14)9(7-11)8-15/h3-4,7,10,18H,2,5-6H2,1H3,(H2,16,17,19). The minimum atomic E-state index is -0.625. The molecule has 6 heteroatoms. The van der Waals surface area contributed by atoms with Crippen molar-refractivity contribution >= 4 is 11.7 Å². The van der Waals surface area contributed by atoms with Crippen molar-refractivity contribution in [3.05, 3.63) is 29.6 Å². The number of anilines is 1. The van der Waals surface area contributed by atoms with Gasteiger partial charge in [-0.05, 0) is 31.0 Å². The fraction of sp³-hybridized carbons (Fsp3) is 0.385. The summed E-state index contributed by atoms with van der Waals surface area (Å²) in [7, 11) is 0. The number of hydrogen-bond donors (Lipinski definition) is 3. The summed E-state index contributed by atoms with van der Waals surface area (Å²) < 4.78 is 13.1. The van der Waals surface area contributed by atoms with Gasteiger partial charge in [-0.25, -0.2) is 9.18 Å². The lowest BCUT2D eigenvalue weighted by atomic mass is 10.1. The lowest BCUT2D eigenvalue weighted by Crippen LogP contribution is -2.38. The Morgan fingerprint density at radius 1 is 1.58 bits per heavy atom. The van der Waals surface area contributed by atoms with Crippen LogP contribution in [0.2, 0.25) is 0 Å². The summed E-state index contributed by atoms with van der Waals surface area (Å²) in [5, 5.41) is 22.7. The second-order valence-electron chi connectivity index (χ2n) is 4.02. The molecule has 1 unspecified atom stereocenters. The third kappa shape index (κ3) is 4.56. The molecule has 102 valence electrons. The molecule has 1 aromatic carbocycles. The molecule has 0 saturated heterocycles. The van der Waals surface area contributed by atoms with E-state index in [4.69, 9.17) is 10.4 Å². The van der Waals surface area contributed by atoms with Gasteiger partial charge in [-0.3, -0.25) is 0 Å². The fourth-order valence-corrected chi connectivity index (χ4v) is 1.58. The van der Waals surface area contributed by atoms with Gasteiger partial charge in [0.25, 0.3) is 0 Å². The van der Waals surface area contributed by atoms with Crippen molar-refractivity contribution in [3.63, 3.8) is 0 Å². The number of benzene rings is 1. The summed E-state index contributed by atoms with van der Waals surface area (Å²) in [6.07, 6.45) is 1.16. The molecule has 0 fully saturated rings. The van der Waals surface area contributed by atoms with E-state index in [1.165, 1.54) is 12.1 Å². The van der Waals surface area contributed by atoms with Crippen molar-refractivity contribution in [1.82, 2.24) is 5.32 Å². The van der Waals surface area contributed by atoms with Gasteiger partial charge >= 0.3 is 6.03 Å². The van der Waals surface area contributed by atoms with E-state index in [9.17, 15) is 9.18 Å². The Kier molecular flexibility index (Phi) is 5.76. The predicted molar refractivity (Wildman–Crippen MR) is 69.1 cm³/mol. The van der Waals surface area contributed by atoms with Gasteiger partial charge in [-0.2, -0.15) is 5.26 Å². The number of hydrogen-bond acceptors (Lipinski definition) is 3. The first-order valence-electron chi connectivity index (χ1n) is 5.98. The Morgan fingerprint density at radius 3 is 2.89 bits per heavy atom. The molecule has 19 heavy (non-hydrogen) atoms. The number of urea groups is 1. The molecule has 1 aromatic rings. The maximum atomic E-state index is 13.1. The number of carbonyl (C=O) groups excluding carboxylic acids is 1. The maximum Gasteiger partial charge on any atom is 0.319 e. The normalized spacial score (nSPS) is 11.5. The van der Waals surface area contributed by atoms with E-state index < -0.39 is 11.8 Å². The monoisotopic (exact) mass is 265 g/mol. The second-order valence-corrected chi connectivity index (χ2v) is 4.02. The molecule has 0 aliphatic carbocycles. The number of carbonyl (C=O) groups is 1. The molecular weight excluding hydrogens is 249 g/mol. The molecular formula is C13H16FN3O2. The number of aliphatic hydroxyl groups is 1. The number of nitriles is 1. The highest BCUT2D eigenvalue weighted by molar-refractivity contribution is 5.89. The van der Waals surface area contributed by atoms with Crippen molar-refractivity contribution in [1.29, 1.82) is 5.26 Å². The quantitative estimate of drug-likeness (QED) is 0.761. The van der Waals surface area contributed by atoms with E-state index in [0.29, 0.717) is 18.5 Å². The van der Waals surface area contributed by atoms with Crippen molar-refractivity contribution in [2.45, 2.75) is 25.8 Å². The molecule has 0 radical (unpaired) electrons. The van der Waals surface area contributed by atoms with Crippen molar-refractivity contribution in [3.8, 4) is 6.07 Å². The van der Waals surface area contributed by atoms with Crippen molar-refractivity contribution < 1.29 is 14.3 Å².